The second-order valence-electron chi connectivity index (χ2n) is 7.50. The maximum atomic E-state index is 4.71. The summed E-state index contributed by atoms with van der Waals surface area (Å²) in [5, 5.41) is 4.71. The Bertz CT molecular complexity index is 464. The molecule has 1 aliphatic rings. The topological polar surface area (TPSA) is 17.8 Å². The average molecular weight is 355 g/mol. The fourth-order valence-electron chi connectivity index (χ4n) is 3.89. The van der Waals surface area contributed by atoms with Gasteiger partial charge in [-0.05, 0) is 55.9 Å². The van der Waals surface area contributed by atoms with Crippen LogP contribution >= 0.6 is 15.9 Å². The predicted molar refractivity (Wildman–Crippen MR) is 94.0 cm³/mol. The lowest BCUT2D eigenvalue weighted by Crippen LogP contribution is -2.37. The predicted octanol–water partition coefficient (Wildman–Crippen LogP) is 5.23. The van der Waals surface area contributed by atoms with Crippen molar-refractivity contribution in [3.63, 3.8) is 0 Å². The van der Waals surface area contributed by atoms with E-state index < -0.39 is 0 Å². The quantitative estimate of drug-likeness (QED) is 0.661. The van der Waals surface area contributed by atoms with Gasteiger partial charge >= 0.3 is 0 Å². The first-order valence-corrected chi connectivity index (χ1v) is 9.48. The van der Waals surface area contributed by atoms with Gasteiger partial charge in [0.05, 0.1) is 5.69 Å². The smallest absolute Gasteiger partial charge is 0.0624 e. The molecule has 1 heterocycles. The number of aryl methyl sites for hydroxylation is 2. The number of halogens is 1. The lowest BCUT2D eigenvalue weighted by Gasteiger charge is -2.42. The van der Waals surface area contributed by atoms with E-state index in [4.69, 9.17) is 5.10 Å². The van der Waals surface area contributed by atoms with Crippen molar-refractivity contribution in [1.82, 2.24) is 9.78 Å². The van der Waals surface area contributed by atoms with Gasteiger partial charge in [-0.1, -0.05) is 50.0 Å². The highest BCUT2D eigenvalue weighted by molar-refractivity contribution is 9.09. The molecule has 1 aliphatic carbocycles. The van der Waals surface area contributed by atoms with Gasteiger partial charge in [0.15, 0.2) is 0 Å². The maximum absolute atomic E-state index is 4.71. The molecule has 0 radical (unpaired) electrons. The fraction of sp³-hybridized carbons (Fsp3) is 0.833. The number of aromatic nitrogens is 2. The zero-order chi connectivity index (χ0) is 15.6. The first-order chi connectivity index (χ1) is 9.87. The van der Waals surface area contributed by atoms with E-state index in [2.05, 4.69) is 61.3 Å². The van der Waals surface area contributed by atoms with Crippen molar-refractivity contribution in [2.75, 3.05) is 0 Å². The largest absolute Gasteiger partial charge is 0.270 e. The van der Waals surface area contributed by atoms with E-state index in [1.165, 1.54) is 30.7 Å². The molecule has 2 rings (SSSR count). The highest BCUT2D eigenvalue weighted by Crippen LogP contribution is 2.45. The second kappa shape index (κ2) is 6.85. The van der Waals surface area contributed by atoms with E-state index >= 15 is 0 Å². The summed E-state index contributed by atoms with van der Waals surface area (Å²) in [4.78, 5) is 0.667. The molecule has 0 aliphatic heterocycles. The van der Waals surface area contributed by atoms with Crippen LogP contribution in [0, 0.1) is 17.3 Å². The Balaban J connectivity index is 2.14. The van der Waals surface area contributed by atoms with Crippen LogP contribution < -0.4 is 0 Å². The molecule has 1 fully saturated rings. The normalized spacial score (nSPS) is 27.0. The summed E-state index contributed by atoms with van der Waals surface area (Å²) in [6, 6.07) is 2.32. The minimum atomic E-state index is 0.326. The van der Waals surface area contributed by atoms with E-state index in [0.29, 0.717) is 10.2 Å². The third kappa shape index (κ3) is 3.91. The first kappa shape index (κ1) is 17.1. The first-order valence-electron chi connectivity index (χ1n) is 8.57. The van der Waals surface area contributed by atoms with Crippen LogP contribution in [-0.2, 0) is 19.4 Å². The van der Waals surface area contributed by atoms with Crippen LogP contribution in [-0.4, -0.2) is 14.6 Å². The number of hydrogen-bond donors (Lipinski definition) is 0. The van der Waals surface area contributed by atoms with Crippen LogP contribution in [0.5, 0.6) is 0 Å². The molecule has 1 aromatic heterocycles. The van der Waals surface area contributed by atoms with Crippen LogP contribution in [0.2, 0.25) is 0 Å². The molecule has 120 valence electrons. The highest BCUT2D eigenvalue weighted by Gasteiger charge is 2.38. The van der Waals surface area contributed by atoms with E-state index in [9.17, 15) is 0 Å². The molecule has 3 atom stereocenters. The molecule has 0 amide bonds. The van der Waals surface area contributed by atoms with Crippen molar-refractivity contribution in [2.45, 2.75) is 78.1 Å². The average Bonchev–Trinajstić information content (AvgIpc) is 2.79. The van der Waals surface area contributed by atoms with Gasteiger partial charge in [0, 0.05) is 17.1 Å². The number of alkyl halides is 1. The van der Waals surface area contributed by atoms with Crippen LogP contribution in [0.1, 0.15) is 65.3 Å². The van der Waals surface area contributed by atoms with Gasteiger partial charge in [0.1, 0.15) is 0 Å². The molecule has 0 saturated heterocycles. The van der Waals surface area contributed by atoms with E-state index in [0.717, 1.165) is 31.2 Å². The minimum Gasteiger partial charge on any atom is -0.270 e. The Labute approximate surface area is 138 Å². The molecule has 3 unspecified atom stereocenters. The Kier molecular flexibility index (Phi) is 5.56. The van der Waals surface area contributed by atoms with E-state index in [1.54, 1.807) is 0 Å². The molecular weight excluding hydrogens is 324 g/mol. The van der Waals surface area contributed by atoms with Crippen LogP contribution in [0.3, 0.4) is 0 Å². The zero-order valence-electron chi connectivity index (χ0n) is 14.3. The maximum Gasteiger partial charge on any atom is 0.0624 e. The molecule has 1 saturated carbocycles. The van der Waals surface area contributed by atoms with Gasteiger partial charge in [-0.25, -0.2) is 0 Å². The fourth-order valence-corrected chi connectivity index (χ4v) is 5.51. The summed E-state index contributed by atoms with van der Waals surface area (Å²) >= 11 is 3.98. The second-order valence-corrected chi connectivity index (χ2v) is 8.68. The van der Waals surface area contributed by atoms with E-state index in [-0.39, 0.29) is 0 Å². The minimum absolute atomic E-state index is 0.326. The molecule has 0 bridgehead atoms. The van der Waals surface area contributed by atoms with Crippen molar-refractivity contribution >= 4 is 15.9 Å². The van der Waals surface area contributed by atoms with Crippen molar-refractivity contribution in [1.29, 1.82) is 0 Å². The van der Waals surface area contributed by atoms with Gasteiger partial charge in [-0.2, -0.15) is 5.10 Å². The molecule has 2 nitrogen and oxygen atoms in total. The van der Waals surface area contributed by atoms with Gasteiger partial charge in [0.2, 0.25) is 0 Å². The third-order valence-electron chi connectivity index (χ3n) is 5.25. The number of hydrogen-bond acceptors (Lipinski definition) is 1. The van der Waals surface area contributed by atoms with E-state index in [1.807, 2.05) is 0 Å². The van der Waals surface area contributed by atoms with Crippen molar-refractivity contribution in [3.05, 3.63) is 17.5 Å². The van der Waals surface area contributed by atoms with Crippen molar-refractivity contribution in [2.24, 2.45) is 17.3 Å². The Morgan fingerprint density at radius 3 is 2.62 bits per heavy atom. The Morgan fingerprint density at radius 2 is 2.05 bits per heavy atom. The summed E-state index contributed by atoms with van der Waals surface area (Å²) in [5.41, 5.74) is 2.97. The van der Waals surface area contributed by atoms with Gasteiger partial charge in [-0.3, -0.25) is 4.68 Å². The SMILES string of the molecule is CCc1cc(CC(C)(C)C2CCC(C)CC2Br)n(CC)n1. The monoisotopic (exact) mass is 354 g/mol. The lowest BCUT2D eigenvalue weighted by atomic mass is 9.67. The zero-order valence-corrected chi connectivity index (χ0v) is 15.9. The van der Waals surface area contributed by atoms with Gasteiger partial charge in [-0.15, -0.1) is 0 Å². The Hall–Kier alpha value is -0.310. The number of rotatable bonds is 5. The highest BCUT2D eigenvalue weighted by atomic mass is 79.9. The summed E-state index contributed by atoms with van der Waals surface area (Å²) in [6.07, 6.45) is 6.22. The van der Waals surface area contributed by atoms with Crippen molar-refractivity contribution in [3.8, 4) is 0 Å². The molecule has 0 N–H and O–H groups in total. The Morgan fingerprint density at radius 1 is 1.33 bits per heavy atom. The molecular formula is C18H31BrN2. The molecule has 0 spiro atoms. The summed E-state index contributed by atoms with van der Waals surface area (Å²) in [6.45, 7) is 12.6. The van der Waals surface area contributed by atoms with Crippen LogP contribution in [0.4, 0.5) is 0 Å². The van der Waals surface area contributed by atoms with Crippen molar-refractivity contribution < 1.29 is 0 Å². The molecule has 1 aromatic rings. The number of nitrogens with zero attached hydrogens (tertiary/aromatic N) is 2. The van der Waals surface area contributed by atoms with Crippen LogP contribution in [0.25, 0.3) is 0 Å². The van der Waals surface area contributed by atoms with Crippen LogP contribution in [0.15, 0.2) is 6.07 Å². The summed E-state index contributed by atoms with van der Waals surface area (Å²) in [7, 11) is 0. The molecule has 3 heteroatoms. The summed E-state index contributed by atoms with van der Waals surface area (Å²) in [5.74, 6) is 1.63. The van der Waals surface area contributed by atoms with Gasteiger partial charge < -0.3 is 0 Å². The molecule has 21 heavy (non-hydrogen) atoms. The summed E-state index contributed by atoms with van der Waals surface area (Å²) < 4.78 is 2.20. The lowest BCUT2D eigenvalue weighted by molar-refractivity contribution is 0.144. The standard InChI is InChI=1S/C18H31BrN2/c1-6-14-11-15(21(7-2)20-14)12-18(4,5)16-9-8-13(3)10-17(16)19/h11,13,16-17H,6-10,12H2,1-5H3. The third-order valence-corrected chi connectivity index (χ3v) is 6.26. The van der Waals surface area contributed by atoms with Gasteiger partial charge in [0.25, 0.3) is 0 Å². The molecule has 0 aromatic carbocycles.